The molecule has 0 bridgehead atoms. The Morgan fingerprint density at radius 3 is 2.68 bits per heavy atom. The molecule has 0 saturated carbocycles. The second-order valence-corrected chi connectivity index (χ2v) is 9.61. The highest BCUT2D eigenvalue weighted by Crippen LogP contribution is 2.44. The molecule has 0 unspecified atom stereocenters. The van der Waals surface area contributed by atoms with Gasteiger partial charge in [-0.1, -0.05) is 42.1 Å². The topological polar surface area (TPSA) is 50.9 Å². The van der Waals surface area contributed by atoms with Crippen LogP contribution in [0.25, 0.3) is 11.3 Å². The maximum atomic E-state index is 14.6. The van der Waals surface area contributed by atoms with Crippen molar-refractivity contribution in [3.8, 4) is 11.3 Å². The molecule has 1 aliphatic heterocycles. The first-order valence-corrected chi connectivity index (χ1v) is 12.5. The number of nitrogens with one attached hydrogen (secondary N) is 1. The normalized spacial score (nSPS) is 13.4. The van der Waals surface area contributed by atoms with Crippen LogP contribution in [0, 0.1) is 5.82 Å². The Morgan fingerprint density at radius 2 is 1.82 bits per heavy atom. The standard InChI is InChI=1S/C26H23FN4OS2/c1-17(18-11-12-25-22(15-18)29-21-9-5-6-10-24(21)34-25)30-31-23(19-7-3-4-8-20(19)27)16-33-26(31)28-13-14-32-2/h3-12,15-16,29H,13-14H2,1-2H3/b28-26?,30-17+. The van der Waals surface area contributed by atoms with Crippen LogP contribution in [0.5, 0.6) is 0 Å². The van der Waals surface area contributed by atoms with Gasteiger partial charge in [0, 0.05) is 27.8 Å². The number of methoxy groups -OCH3 is 1. The van der Waals surface area contributed by atoms with Gasteiger partial charge in [-0.15, -0.1) is 11.3 Å². The summed E-state index contributed by atoms with van der Waals surface area (Å²) in [6.45, 7) is 2.97. The van der Waals surface area contributed by atoms with Crippen molar-refractivity contribution in [2.24, 2.45) is 10.1 Å². The van der Waals surface area contributed by atoms with Gasteiger partial charge < -0.3 is 10.1 Å². The first kappa shape index (κ1) is 22.6. The highest BCUT2D eigenvalue weighted by atomic mass is 32.2. The molecule has 0 spiro atoms. The fourth-order valence-corrected chi connectivity index (χ4v) is 5.48. The van der Waals surface area contributed by atoms with Gasteiger partial charge in [0.25, 0.3) is 0 Å². The minimum absolute atomic E-state index is 0.293. The van der Waals surface area contributed by atoms with E-state index in [1.807, 2.05) is 30.5 Å². The van der Waals surface area contributed by atoms with Crippen LogP contribution >= 0.6 is 23.1 Å². The van der Waals surface area contributed by atoms with E-state index in [9.17, 15) is 4.39 Å². The Hall–Kier alpha value is -3.20. The summed E-state index contributed by atoms with van der Waals surface area (Å²) in [4.78, 5) is 7.69. The minimum Gasteiger partial charge on any atom is -0.383 e. The molecule has 0 amide bonds. The summed E-state index contributed by atoms with van der Waals surface area (Å²) >= 11 is 3.18. The fourth-order valence-electron chi connectivity index (χ4n) is 3.66. The number of benzene rings is 3. The van der Waals surface area contributed by atoms with Crippen LogP contribution in [0.3, 0.4) is 0 Å². The molecule has 5 rings (SSSR count). The molecular formula is C26H23FN4OS2. The third-order valence-electron chi connectivity index (χ3n) is 5.40. The predicted molar refractivity (Wildman–Crippen MR) is 138 cm³/mol. The number of ether oxygens (including phenoxy) is 1. The van der Waals surface area contributed by atoms with Crippen LogP contribution < -0.4 is 10.1 Å². The molecule has 8 heteroatoms. The minimum atomic E-state index is -0.293. The molecule has 0 radical (unpaired) electrons. The van der Waals surface area contributed by atoms with E-state index in [0.717, 1.165) is 22.6 Å². The first-order valence-electron chi connectivity index (χ1n) is 10.8. The van der Waals surface area contributed by atoms with Gasteiger partial charge in [0.15, 0.2) is 0 Å². The number of aromatic nitrogens is 1. The van der Waals surface area contributed by atoms with Gasteiger partial charge in [0.2, 0.25) is 4.80 Å². The number of hydrogen-bond acceptors (Lipinski definition) is 6. The van der Waals surface area contributed by atoms with E-state index < -0.39 is 0 Å². The molecule has 3 aromatic carbocycles. The smallest absolute Gasteiger partial charge is 0.206 e. The Balaban J connectivity index is 1.55. The number of halogens is 1. The second-order valence-electron chi connectivity index (χ2n) is 7.69. The van der Waals surface area contributed by atoms with Crippen LogP contribution in [0.15, 0.2) is 92.0 Å². The molecule has 0 atom stereocenters. The van der Waals surface area contributed by atoms with Gasteiger partial charge in [0.1, 0.15) is 5.82 Å². The van der Waals surface area contributed by atoms with Gasteiger partial charge in [-0.3, -0.25) is 4.99 Å². The third-order valence-corrected chi connectivity index (χ3v) is 7.41. The van der Waals surface area contributed by atoms with Crippen LogP contribution in [0.1, 0.15) is 12.5 Å². The van der Waals surface area contributed by atoms with Crippen LogP contribution in [0.4, 0.5) is 15.8 Å². The molecule has 1 aliphatic rings. The molecule has 172 valence electrons. The summed E-state index contributed by atoms with van der Waals surface area (Å²) < 4.78 is 21.5. The average molecular weight is 491 g/mol. The monoisotopic (exact) mass is 490 g/mol. The lowest BCUT2D eigenvalue weighted by Crippen LogP contribution is -2.16. The first-order chi connectivity index (χ1) is 16.6. The Labute approximate surface area is 205 Å². The SMILES string of the molecule is COCCN=c1scc(-c2ccccc2F)n1/N=C(\C)c1ccc2c(c1)Nc1ccccc1S2. The van der Waals surface area contributed by atoms with Gasteiger partial charge >= 0.3 is 0 Å². The molecule has 4 aromatic rings. The Bertz CT molecular complexity index is 1440. The molecule has 34 heavy (non-hydrogen) atoms. The van der Waals surface area contributed by atoms with Crippen molar-refractivity contribution in [1.29, 1.82) is 0 Å². The third kappa shape index (κ3) is 4.57. The molecule has 1 N–H and O–H groups in total. The van der Waals surface area contributed by atoms with E-state index in [0.29, 0.717) is 29.2 Å². The van der Waals surface area contributed by atoms with E-state index in [1.54, 1.807) is 35.7 Å². The van der Waals surface area contributed by atoms with Crippen molar-refractivity contribution in [2.45, 2.75) is 16.7 Å². The predicted octanol–water partition coefficient (Wildman–Crippen LogP) is 6.38. The van der Waals surface area contributed by atoms with Crippen LogP contribution in [-0.2, 0) is 4.74 Å². The van der Waals surface area contributed by atoms with Crippen molar-refractivity contribution in [1.82, 2.24) is 4.68 Å². The van der Waals surface area contributed by atoms with Gasteiger partial charge in [-0.05, 0) is 48.9 Å². The van der Waals surface area contributed by atoms with Gasteiger partial charge in [-0.2, -0.15) is 5.10 Å². The van der Waals surface area contributed by atoms with Gasteiger partial charge in [-0.25, -0.2) is 9.07 Å². The average Bonchev–Trinajstić information content (AvgIpc) is 3.24. The lowest BCUT2D eigenvalue weighted by atomic mass is 10.1. The van der Waals surface area contributed by atoms with Crippen LogP contribution in [-0.4, -0.2) is 30.6 Å². The van der Waals surface area contributed by atoms with E-state index in [4.69, 9.17) is 9.84 Å². The summed E-state index contributed by atoms with van der Waals surface area (Å²) in [5, 5.41) is 10.3. The van der Waals surface area contributed by atoms with E-state index in [1.165, 1.54) is 27.2 Å². The van der Waals surface area contributed by atoms with E-state index >= 15 is 0 Å². The maximum absolute atomic E-state index is 14.6. The number of thiazole rings is 1. The number of hydrogen-bond donors (Lipinski definition) is 1. The van der Waals surface area contributed by atoms with Crippen molar-refractivity contribution in [2.75, 3.05) is 25.6 Å². The highest BCUT2D eigenvalue weighted by molar-refractivity contribution is 7.99. The zero-order valence-corrected chi connectivity index (χ0v) is 20.4. The Kier molecular flexibility index (Phi) is 6.62. The molecule has 5 nitrogen and oxygen atoms in total. The summed E-state index contributed by atoms with van der Waals surface area (Å²) in [6, 6.07) is 21.3. The Morgan fingerprint density at radius 1 is 1.03 bits per heavy atom. The number of rotatable bonds is 6. The number of anilines is 2. The summed E-state index contributed by atoms with van der Waals surface area (Å²) in [7, 11) is 1.64. The van der Waals surface area contributed by atoms with Crippen molar-refractivity contribution >= 4 is 40.2 Å². The molecular weight excluding hydrogens is 467 g/mol. The van der Waals surface area contributed by atoms with Crippen molar-refractivity contribution in [3.05, 3.63) is 88.3 Å². The number of para-hydroxylation sites is 1. The second kappa shape index (κ2) is 9.97. The van der Waals surface area contributed by atoms with Crippen molar-refractivity contribution < 1.29 is 9.13 Å². The molecule has 0 aliphatic carbocycles. The lowest BCUT2D eigenvalue weighted by molar-refractivity contribution is 0.207. The fraction of sp³-hybridized carbons (Fsp3) is 0.154. The van der Waals surface area contributed by atoms with Crippen LogP contribution in [0.2, 0.25) is 0 Å². The largest absolute Gasteiger partial charge is 0.383 e. The lowest BCUT2D eigenvalue weighted by Gasteiger charge is -2.21. The molecule has 0 saturated heterocycles. The molecule has 1 aromatic heterocycles. The molecule has 0 fully saturated rings. The van der Waals surface area contributed by atoms with Gasteiger partial charge in [0.05, 0.1) is 35.9 Å². The number of fused-ring (bicyclic) bond motifs is 2. The number of nitrogens with zero attached hydrogens (tertiary/aromatic N) is 3. The molecule has 2 heterocycles. The summed E-state index contributed by atoms with van der Waals surface area (Å²) in [5.41, 5.74) is 5.08. The zero-order chi connectivity index (χ0) is 23.5. The zero-order valence-electron chi connectivity index (χ0n) is 18.8. The summed E-state index contributed by atoms with van der Waals surface area (Å²) in [6.07, 6.45) is 0. The quantitative estimate of drug-likeness (QED) is 0.222. The highest BCUT2D eigenvalue weighted by Gasteiger charge is 2.17. The summed E-state index contributed by atoms with van der Waals surface area (Å²) in [5.74, 6) is -0.293. The van der Waals surface area contributed by atoms with E-state index in [-0.39, 0.29) is 5.82 Å². The maximum Gasteiger partial charge on any atom is 0.206 e. The van der Waals surface area contributed by atoms with Crippen molar-refractivity contribution in [3.63, 3.8) is 0 Å². The van der Waals surface area contributed by atoms with E-state index in [2.05, 4.69) is 40.6 Å².